The third-order valence-electron chi connectivity index (χ3n) is 2.12. The quantitative estimate of drug-likeness (QED) is 0.326. The van der Waals surface area contributed by atoms with Crippen molar-refractivity contribution in [2.75, 3.05) is 13.2 Å². The van der Waals surface area contributed by atoms with Crippen molar-refractivity contribution in [2.45, 2.75) is 51.5 Å². The van der Waals surface area contributed by atoms with Crippen LogP contribution in [0.15, 0.2) is 0 Å². The van der Waals surface area contributed by atoms with Gasteiger partial charge in [0.25, 0.3) is 0 Å². The maximum Gasteiger partial charge on any atom is 0.239 e. The molecule has 0 aromatic rings. The standard InChI is InChI=1S/C10H22Cl2OSi/c1-2-3-4-5-6-7-8-13-9-10-14(11)12/h14H,2-10H2,1H3. The van der Waals surface area contributed by atoms with Crippen LogP contribution in [0.3, 0.4) is 0 Å². The van der Waals surface area contributed by atoms with Crippen LogP contribution in [-0.2, 0) is 4.74 Å². The maximum atomic E-state index is 5.70. The number of rotatable bonds is 10. The second-order valence-corrected chi connectivity index (χ2v) is 8.75. The lowest BCUT2D eigenvalue weighted by Gasteiger charge is -2.03. The second-order valence-electron chi connectivity index (χ2n) is 3.56. The van der Waals surface area contributed by atoms with Crippen LogP contribution >= 0.6 is 22.2 Å². The van der Waals surface area contributed by atoms with Gasteiger partial charge in [-0.15, -0.1) is 0 Å². The first-order chi connectivity index (χ1) is 6.77. The molecule has 86 valence electrons. The number of unbranched alkanes of at least 4 members (excludes halogenated alkanes) is 5. The lowest BCUT2D eigenvalue weighted by Crippen LogP contribution is -2.02. The van der Waals surface area contributed by atoms with E-state index in [1.54, 1.807) is 0 Å². The molecular weight excluding hydrogens is 235 g/mol. The van der Waals surface area contributed by atoms with E-state index in [2.05, 4.69) is 6.92 Å². The monoisotopic (exact) mass is 256 g/mol. The fourth-order valence-electron chi connectivity index (χ4n) is 1.26. The average Bonchev–Trinajstić information content (AvgIpc) is 2.15. The molecule has 0 aromatic heterocycles. The summed E-state index contributed by atoms with van der Waals surface area (Å²) in [4.78, 5) is 0. The Labute approximate surface area is 99.1 Å². The van der Waals surface area contributed by atoms with E-state index < -0.39 is 7.42 Å². The lowest BCUT2D eigenvalue weighted by molar-refractivity contribution is 0.143. The maximum absolute atomic E-state index is 5.70. The SMILES string of the molecule is CCCCCCCCOCC[SiH](Cl)Cl. The van der Waals surface area contributed by atoms with Crippen molar-refractivity contribution in [1.29, 1.82) is 0 Å². The fourth-order valence-corrected chi connectivity index (χ4v) is 2.14. The molecule has 0 N–H and O–H groups in total. The molecule has 0 aliphatic carbocycles. The molecule has 0 unspecified atom stereocenters. The predicted molar refractivity (Wildman–Crippen MR) is 67.9 cm³/mol. The van der Waals surface area contributed by atoms with E-state index in [4.69, 9.17) is 26.9 Å². The molecule has 0 fully saturated rings. The summed E-state index contributed by atoms with van der Waals surface area (Å²) in [5.41, 5.74) is 0. The normalized spacial score (nSPS) is 11.1. The zero-order valence-corrected chi connectivity index (χ0v) is 11.8. The van der Waals surface area contributed by atoms with Crippen LogP contribution in [0.2, 0.25) is 6.04 Å². The molecule has 0 aromatic carbocycles. The Morgan fingerprint density at radius 2 is 1.57 bits per heavy atom. The minimum atomic E-state index is -1.43. The van der Waals surface area contributed by atoms with Crippen LogP contribution in [-0.4, -0.2) is 20.6 Å². The summed E-state index contributed by atoms with van der Waals surface area (Å²) in [6.45, 7) is 3.86. The lowest BCUT2D eigenvalue weighted by atomic mass is 10.1. The molecule has 14 heavy (non-hydrogen) atoms. The first-order valence-electron chi connectivity index (χ1n) is 5.63. The predicted octanol–water partition coefficient (Wildman–Crippen LogP) is 4.06. The molecule has 0 saturated carbocycles. The molecule has 0 saturated heterocycles. The Morgan fingerprint density at radius 1 is 0.929 bits per heavy atom. The summed E-state index contributed by atoms with van der Waals surface area (Å²) in [7, 11) is -1.43. The van der Waals surface area contributed by atoms with Gasteiger partial charge in [-0.25, -0.2) is 0 Å². The molecule has 1 nitrogen and oxygen atoms in total. The zero-order valence-electron chi connectivity index (χ0n) is 9.11. The van der Waals surface area contributed by atoms with Crippen LogP contribution in [0.5, 0.6) is 0 Å². The van der Waals surface area contributed by atoms with Crippen molar-refractivity contribution >= 4 is 29.6 Å². The van der Waals surface area contributed by atoms with Crippen molar-refractivity contribution in [3.05, 3.63) is 0 Å². The first-order valence-corrected chi connectivity index (χ1v) is 9.94. The van der Waals surface area contributed by atoms with Gasteiger partial charge >= 0.3 is 0 Å². The summed E-state index contributed by atoms with van der Waals surface area (Å²) >= 11 is 11.4. The van der Waals surface area contributed by atoms with Crippen LogP contribution in [0, 0.1) is 0 Å². The summed E-state index contributed by atoms with van der Waals surface area (Å²) in [6.07, 6.45) is 7.87. The highest BCUT2D eigenvalue weighted by Crippen LogP contribution is 2.06. The molecular formula is C10H22Cl2OSi. The van der Waals surface area contributed by atoms with Gasteiger partial charge in [-0.2, -0.15) is 22.2 Å². The fraction of sp³-hybridized carbons (Fsp3) is 1.00. The number of hydrogen-bond donors (Lipinski definition) is 0. The third-order valence-corrected chi connectivity index (χ3v) is 4.10. The van der Waals surface area contributed by atoms with Gasteiger partial charge in [0.2, 0.25) is 7.42 Å². The molecule has 0 heterocycles. The van der Waals surface area contributed by atoms with Crippen molar-refractivity contribution < 1.29 is 4.74 Å². The van der Waals surface area contributed by atoms with Crippen molar-refractivity contribution in [3.8, 4) is 0 Å². The summed E-state index contributed by atoms with van der Waals surface area (Å²) < 4.78 is 5.42. The zero-order chi connectivity index (χ0) is 10.6. The molecule has 0 atom stereocenters. The summed E-state index contributed by atoms with van der Waals surface area (Å²) in [6, 6.07) is 0.874. The highest BCUT2D eigenvalue weighted by atomic mass is 35.7. The Hall–Kier alpha value is 0.757. The molecule has 0 spiro atoms. The molecule has 0 radical (unpaired) electrons. The van der Waals surface area contributed by atoms with Gasteiger partial charge in [0.05, 0.1) is 0 Å². The second kappa shape index (κ2) is 11.8. The molecule has 0 amide bonds. The minimum absolute atomic E-state index is 0.749. The van der Waals surface area contributed by atoms with Gasteiger partial charge in [0, 0.05) is 13.2 Å². The third kappa shape index (κ3) is 12.8. The van der Waals surface area contributed by atoms with Gasteiger partial charge in [-0.1, -0.05) is 39.0 Å². The van der Waals surface area contributed by atoms with Crippen molar-refractivity contribution in [3.63, 3.8) is 0 Å². The van der Waals surface area contributed by atoms with Gasteiger partial charge in [-0.05, 0) is 12.5 Å². The van der Waals surface area contributed by atoms with Gasteiger partial charge in [-0.3, -0.25) is 0 Å². The van der Waals surface area contributed by atoms with E-state index in [-0.39, 0.29) is 0 Å². The van der Waals surface area contributed by atoms with E-state index >= 15 is 0 Å². The number of halogens is 2. The Bertz CT molecular complexity index is 112. The topological polar surface area (TPSA) is 9.23 Å². The van der Waals surface area contributed by atoms with Crippen LogP contribution in [0.4, 0.5) is 0 Å². The first kappa shape index (κ1) is 14.8. The number of hydrogen-bond acceptors (Lipinski definition) is 1. The van der Waals surface area contributed by atoms with E-state index in [1.165, 1.54) is 38.5 Å². The molecule has 0 aliphatic rings. The van der Waals surface area contributed by atoms with E-state index in [9.17, 15) is 0 Å². The van der Waals surface area contributed by atoms with Crippen LogP contribution in [0.25, 0.3) is 0 Å². The minimum Gasteiger partial charge on any atom is -0.382 e. The number of ether oxygens (including phenoxy) is 1. The van der Waals surface area contributed by atoms with Gasteiger partial charge in [0.1, 0.15) is 0 Å². The van der Waals surface area contributed by atoms with Crippen LogP contribution < -0.4 is 0 Å². The van der Waals surface area contributed by atoms with E-state index in [1.807, 2.05) is 0 Å². The summed E-state index contributed by atoms with van der Waals surface area (Å²) in [5.74, 6) is 0. The molecule has 0 rings (SSSR count). The van der Waals surface area contributed by atoms with Gasteiger partial charge in [0.15, 0.2) is 0 Å². The van der Waals surface area contributed by atoms with Crippen LogP contribution in [0.1, 0.15) is 45.4 Å². The average molecular weight is 257 g/mol. The van der Waals surface area contributed by atoms with E-state index in [0.717, 1.165) is 19.3 Å². The van der Waals surface area contributed by atoms with Crippen molar-refractivity contribution in [2.24, 2.45) is 0 Å². The Balaban J connectivity index is 2.85. The Kier molecular flexibility index (Phi) is 12.5. The molecule has 0 bridgehead atoms. The van der Waals surface area contributed by atoms with Crippen molar-refractivity contribution in [1.82, 2.24) is 0 Å². The highest BCUT2D eigenvalue weighted by Gasteiger charge is 2.00. The smallest absolute Gasteiger partial charge is 0.239 e. The highest BCUT2D eigenvalue weighted by molar-refractivity contribution is 7.33. The molecule has 4 heteroatoms. The van der Waals surface area contributed by atoms with E-state index in [0.29, 0.717) is 0 Å². The summed E-state index contributed by atoms with van der Waals surface area (Å²) in [5, 5.41) is 0. The Morgan fingerprint density at radius 3 is 2.21 bits per heavy atom. The largest absolute Gasteiger partial charge is 0.382 e. The van der Waals surface area contributed by atoms with Gasteiger partial charge < -0.3 is 4.74 Å². The molecule has 0 aliphatic heterocycles.